The van der Waals surface area contributed by atoms with E-state index in [0.29, 0.717) is 22.9 Å². The molecule has 34 heavy (non-hydrogen) atoms. The van der Waals surface area contributed by atoms with E-state index in [1.807, 2.05) is 13.0 Å². The molecule has 3 heterocycles. The smallest absolute Gasteiger partial charge is 0.411 e. The summed E-state index contributed by atoms with van der Waals surface area (Å²) in [5.74, 6) is 0.768. The zero-order valence-electron chi connectivity index (χ0n) is 19.0. The molecule has 10 nitrogen and oxygen atoms in total. The molecule has 0 spiro atoms. The fourth-order valence-electron chi connectivity index (χ4n) is 3.63. The van der Waals surface area contributed by atoms with E-state index < -0.39 is 6.09 Å². The first-order chi connectivity index (χ1) is 16.4. The molecule has 1 amide bonds. The minimum atomic E-state index is -0.624. The van der Waals surface area contributed by atoms with E-state index >= 15 is 0 Å². The number of halogens is 1. The molecule has 3 aromatic heterocycles. The van der Waals surface area contributed by atoms with Crippen molar-refractivity contribution in [1.29, 1.82) is 0 Å². The number of ether oxygens (including phenoxy) is 2. The molecule has 0 aliphatic heterocycles. The molecule has 3 aromatic rings. The van der Waals surface area contributed by atoms with Crippen molar-refractivity contribution in [2.75, 3.05) is 24.4 Å². The molecular formula is C23H25ClN6O4. The van der Waals surface area contributed by atoms with E-state index in [1.54, 1.807) is 32.4 Å². The number of amides is 1. The van der Waals surface area contributed by atoms with Crippen LogP contribution in [-0.4, -0.2) is 39.3 Å². The highest BCUT2D eigenvalue weighted by molar-refractivity contribution is 6.29. The number of methoxy groups -OCH3 is 1. The highest BCUT2D eigenvalue weighted by Gasteiger charge is 2.35. The highest BCUT2D eigenvalue weighted by atomic mass is 35.5. The second kappa shape index (κ2) is 10.1. The van der Waals surface area contributed by atoms with Gasteiger partial charge in [-0.1, -0.05) is 11.6 Å². The standard InChI is InChI=1S/C23H25ClN6O4/c1-13-9-17(14(2)26-21(13)33-3)28-20-22(31)30(11-19(24)29-20)18(15-6-7-15)12-34-23(32)27-16-5-4-8-25-10-16/h4-5,8-11,15,18H,6-7,12H2,1-3H3,(H,27,32)(H,28,29). The number of aryl methyl sites for hydroxylation is 2. The molecule has 1 fully saturated rings. The Morgan fingerprint density at radius 2 is 2.12 bits per heavy atom. The summed E-state index contributed by atoms with van der Waals surface area (Å²) in [5.41, 5.74) is 2.22. The topological polar surface area (TPSA) is 120 Å². The number of nitrogens with one attached hydrogen (secondary N) is 2. The lowest BCUT2D eigenvalue weighted by atomic mass is 10.2. The predicted molar refractivity (Wildman–Crippen MR) is 128 cm³/mol. The Hall–Kier alpha value is -3.66. The predicted octanol–water partition coefficient (Wildman–Crippen LogP) is 4.26. The summed E-state index contributed by atoms with van der Waals surface area (Å²) >= 11 is 6.27. The minimum Gasteiger partial charge on any atom is -0.481 e. The number of aromatic nitrogens is 4. The quantitative estimate of drug-likeness (QED) is 0.486. The van der Waals surface area contributed by atoms with Gasteiger partial charge in [-0.15, -0.1) is 0 Å². The van der Waals surface area contributed by atoms with Crippen molar-refractivity contribution in [2.24, 2.45) is 5.92 Å². The summed E-state index contributed by atoms with van der Waals surface area (Å²) in [5, 5.41) is 5.81. The second-order valence-corrected chi connectivity index (χ2v) is 8.45. The number of nitrogens with zero attached hydrogens (tertiary/aromatic N) is 4. The maximum atomic E-state index is 13.3. The molecule has 4 rings (SSSR count). The highest BCUT2D eigenvalue weighted by Crippen LogP contribution is 2.39. The molecule has 0 saturated heterocycles. The summed E-state index contributed by atoms with van der Waals surface area (Å²) in [6, 6.07) is 4.87. The van der Waals surface area contributed by atoms with Gasteiger partial charge >= 0.3 is 6.09 Å². The molecule has 0 radical (unpaired) electrons. The van der Waals surface area contributed by atoms with E-state index in [4.69, 9.17) is 21.1 Å². The number of pyridine rings is 2. The Bertz CT molecular complexity index is 1250. The number of hydrogen-bond donors (Lipinski definition) is 2. The Kier molecular flexibility index (Phi) is 6.97. The number of carbonyl (C=O) groups excluding carboxylic acids is 1. The maximum Gasteiger partial charge on any atom is 0.411 e. The van der Waals surface area contributed by atoms with Crippen LogP contribution >= 0.6 is 11.6 Å². The van der Waals surface area contributed by atoms with Crippen LogP contribution in [-0.2, 0) is 4.74 Å². The van der Waals surface area contributed by atoms with Crippen LogP contribution in [0.2, 0.25) is 5.15 Å². The zero-order valence-corrected chi connectivity index (χ0v) is 19.8. The Balaban J connectivity index is 1.55. The van der Waals surface area contributed by atoms with Gasteiger partial charge < -0.3 is 19.4 Å². The van der Waals surface area contributed by atoms with Gasteiger partial charge in [0, 0.05) is 18.0 Å². The lowest BCUT2D eigenvalue weighted by Crippen LogP contribution is -2.32. The molecule has 11 heteroatoms. The van der Waals surface area contributed by atoms with Gasteiger partial charge in [0.05, 0.1) is 36.4 Å². The summed E-state index contributed by atoms with van der Waals surface area (Å²) in [6.45, 7) is 3.67. The summed E-state index contributed by atoms with van der Waals surface area (Å²) in [7, 11) is 1.55. The minimum absolute atomic E-state index is 0.0126. The van der Waals surface area contributed by atoms with Crippen LogP contribution in [0.25, 0.3) is 0 Å². The number of carbonyl (C=O) groups is 1. The van der Waals surface area contributed by atoms with Crippen LogP contribution in [0.4, 0.5) is 22.0 Å². The largest absolute Gasteiger partial charge is 0.481 e. The van der Waals surface area contributed by atoms with Crippen molar-refractivity contribution in [3.8, 4) is 5.88 Å². The first-order valence-electron chi connectivity index (χ1n) is 10.8. The van der Waals surface area contributed by atoms with Gasteiger partial charge in [-0.25, -0.2) is 14.8 Å². The third-order valence-electron chi connectivity index (χ3n) is 5.52. The molecule has 2 N–H and O–H groups in total. The van der Waals surface area contributed by atoms with Crippen LogP contribution in [0.1, 0.15) is 30.1 Å². The molecule has 178 valence electrons. The molecular weight excluding hydrogens is 460 g/mol. The van der Waals surface area contributed by atoms with Crippen molar-refractivity contribution in [2.45, 2.75) is 32.7 Å². The van der Waals surface area contributed by atoms with Crippen molar-refractivity contribution in [1.82, 2.24) is 19.5 Å². The fourth-order valence-corrected chi connectivity index (χ4v) is 3.82. The van der Waals surface area contributed by atoms with Crippen LogP contribution in [0.5, 0.6) is 5.88 Å². The summed E-state index contributed by atoms with van der Waals surface area (Å²) in [6.07, 6.45) is 5.83. The van der Waals surface area contributed by atoms with Crippen LogP contribution in [0.15, 0.2) is 41.6 Å². The molecule has 1 aliphatic rings. The van der Waals surface area contributed by atoms with Gasteiger partial charge in [0.25, 0.3) is 5.56 Å². The average molecular weight is 485 g/mol. The maximum absolute atomic E-state index is 13.3. The fraction of sp³-hybridized carbons (Fsp3) is 0.348. The average Bonchev–Trinajstić information content (AvgIpc) is 3.65. The molecule has 0 bridgehead atoms. The molecule has 1 atom stereocenters. The van der Waals surface area contributed by atoms with Gasteiger partial charge in [0.1, 0.15) is 11.8 Å². The Morgan fingerprint density at radius 3 is 2.79 bits per heavy atom. The van der Waals surface area contributed by atoms with Gasteiger partial charge in [-0.05, 0) is 50.8 Å². The van der Waals surface area contributed by atoms with Gasteiger partial charge in [0.2, 0.25) is 5.88 Å². The van der Waals surface area contributed by atoms with Crippen LogP contribution < -0.4 is 20.9 Å². The van der Waals surface area contributed by atoms with E-state index in [9.17, 15) is 9.59 Å². The third-order valence-corrected chi connectivity index (χ3v) is 5.70. The van der Waals surface area contributed by atoms with Gasteiger partial charge in [-0.3, -0.25) is 15.1 Å². The zero-order chi connectivity index (χ0) is 24.2. The normalized spacial score (nSPS) is 13.8. The Morgan fingerprint density at radius 1 is 1.32 bits per heavy atom. The second-order valence-electron chi connectivity index (χ2n) is 8.07. The van der Waals surface area contributed by atoms with E-state index in [1.165, 1.54) is 17.0 Å². The van der Waals surface area contributed by atoms with Crippen LogP contribution in [0.3, 0.4) is 0 Å². The van der Waals surface area contributed by atoms with E-state index in [2.05, 4.69) is 25.6 Å². The summed E-state index contributed by atoms with van der Waals surface area (Å²) < 4.78 is 12.2. The monoisotopic (exact) mass is 484 g/mol. The first kappa shape index (κ1) is 23.5. The van der Waals surface area contributed by atoms with Crippen molar-refractivity contribution in [3.05, 3.63) is 63.6 Å². The number of rotatable bonds is 8. The van der Waals surface area contributed by atoms with E-state index in [0.717, 1.165) is 18.4 Å². The molecule has 1 saturated carbocycles. The van der Waals surface area contributed by atoms with Crippen molar-refractivity contribution < 1.29 is 14.3 Å². The van der Waals surface area contributed by atoms with Crippen molar-refractivity contribution in [3.63, 3.8) is 0 Å². The summed E-state index contributed by atoms with van der Waals surface area (Å²) in [4.78, 5) is 38.1. The number of hydrogen-bond acceptors (Lipinski definition) is 8. The van der Waals surface area contributed by atoms with Gasteiger partial charge in [0.15, 0.2) is 5.82 Å². The lowest BCUT2D eigenvalue weighted by molar-refractivity contribution is 0.135. The molecule has 0 aromatic carbocycles. The molecule has 1 aliphatic carbocycles. The van der Waals surface area contributed by atoms with Crippen molar-refractivity contribution >= 4 is 34.9 Å². The number of anilines is 3. The van der Waals surface area contributed by atoms with Gasteiger partial charge in [-0.2, -0.15) is 0 Å². The Labute approximate surface area is 201 Å². The molecule has 1 unspecified atom stereocenters. The third kappa shape index (κ3) is 5.45. The first-order valence-corrected chi connectivity index (χ1v) is 11.1. The lowest BCUT2D eigenvalue weighted by Gasteiger charge is -2.21. The van der Waals surface area contributed by atoms with Crippen LogP contribution in [0, 0.1) is 19.8 Å². The van der Waals surface area contributed by atoms with E-state index in [-0.39, 0.29) is 35.1 Å². The SMILES string of the molecule is COc1nc(C)c(Nc2nc(Cl)cn(C(COC(=O)Nc3cccnc3)C3CC3)c2=O)cc1C.